The van der Waals surface area contributed by atoms with E-state index in [1.165, 1.54) is 7.11 Å². The van der Waals surface area contributed by atoms with Gasteiger partial charge in [0.25, 0.3) is 0 Å². The highest BCUT2D eigenvalue weighted by Gasteiger charge is 2.20. The van der Waals surface area contributed by atoms with Crippen molar-refractivity contribution in [3.05, 3.63) is 29.8 Å². The molecule has 7 nitrogen and oxygen atoms in total. The van der Waals surface area contributed by atoms with Crippen LogP contribution in [0.15, 0.2) is 24.3 Å². The molecule has 0 radical (unpaired) electrons. The molecule has 3 amide bonds. The SMILES string of the molecule is COC(=O)N1CCN(CCNC(=O)Nc2cccc(C)c2)CC1. The zero-order valence-corrected chi connectivity index (χ0v) is 13.7. The van der Waals surface area contributed by atoms with Gasteiger partial charge in [0.2, 0.25) is 0 Å². The monoisotopic (exact) mass is 320 g/mol. The Bertz CT molecular complexity index is 542. The number of rotatable bonds is 4. The van der Waals surface area contributed by atoms with Crippen molar-refractivity contribution in [1.29, 1.82) is 0 Å². The molecule has 2 rings (SSSR count). The van der Waals surface area contributed by atoms with Gasteiger partial charge in [-0.2, -0.15) is 0 Å². The molecule has 2 N–H and O–H groups in total. The first-order valence-corrected chi connectivity index (χ1v) is 7.75. The molecule has 1 aromatic rings. The second kappa shape index (κ2) is 8.38. The van der Waals surface area contributed by atoms with Crippen LogP contribution in [-0.4, -0.2) is 68.3 Å². The lowest BCUT2D eigenvalue weighted by Gasteiger charge is -2.33. The molecule has 0 spiro atoms. The number of hydrogen-bond donors (Lipinski definition) is 2. The zero-order valence-electron chi connectivity index (χ0n) is 13.7. The number of benzene rings is 1. The Balaban J connectivity index is 1.64. The molecule has 0 saturated carbocycles. The quantitative estimate of drug-likeness (QED) is 0.882. The third-order valence-electron chi connectivity index (χ3n) is 3.79. The predicted molar refractivity (Wildman–Crippen MR) is 88.6 cm³/mol. The third-order valence-corrected chi connectivity index (χ3v) is 3.79. The number of anilines is 1. The van der Waals surface area contributed by atoms with E-state index in [1.54, 1.807) is 4.90 Å². The van der Waals surface area contributed by atoms with Crippen molar-refractivity contribution in [2.45, 2.75) is 6.92 Å². The summed E-state index contributed by atoms with van der Waals surface area (Å²) in [5.74, 6) is 0. The number of carbonyl (C=O) groups excluding carboxylic acids is 2. The minimum atomic E-state index is -0.277. The summed E-state index contributed by atoms with van der Waals surface area (Å²) in [7, 11) is 1.39. The normalized spacial score (nSPS) is 15.1. The fourth-order valence-electron chi connectivity index (χ4n) is 2.51. The number of nitrogens with one attached hydrogen (secondary N) is 2. The number of carbonyl (C=O) groups is 2. The van der Waals surface area contributed by atoms with Crippen LogP contribution in [0, 0.1) is 6.92 Å². The van der Waals surface area contributed by atoms with E-state index < -0.39 is 0 Å². The van der Waals surface area contributed by atoms with Crippen LogP contribution in [0.3, 0.4) is 0 Å². The highest BCUT2D eigenvalue weighted by molar-refractivity contribution is 5.89. The van der Waals surface area contributed by atoms with Gasteiger partial charge in [-0.25, -0.2) is 9.59 Å². The van der Waals surface area contributed by atoms with Crippen LogP contribution < -0.4 is 10.6 Å². The molecule has 0 aromatic heterocycles. The summed E-state index contributed by atoms with van der Waals surface area (Å²) in [6, 6.07) is 7.47. The average Bonchev–Trinajstić information content (AvgIpc) is 2.55. The second-order valence-corrected chi connectivity index (χ2v) is 5.55. The Morgan fingerprint density at radius 1 is 1.22 bits per heavy atom. The van der Waals surface area contributed by atoms with Crippen LogP contribution in [0.25, 0.3) is 0 Å². The van der Waals surface area contributed by atoms with Gasteiger partial charge in [0.15, 0.2) is 0 Å². The molecule has 1 aliphatic rings. The third kappa shape index (κ3) is 5.45. The summed E-state index contributed by atoms with van der Waals surface area (Å²) in [4.78, 5) is 27.1. The van der Waals surface area contributed by atoms with Gasteiger partial charge in [-0.05, 0) is 24.6 Å². The van der Waals surface area contributed by atoms with Gasteiger partial charge in [-0.3, -0.25) is 4.90 Å². The van der Waals surface area contributed by atoms with Gasteiger partial charge in [-0.1, -0.05) is 12.1 Å². The first kappa shape index (κ1) is 17.1. The van der Waals surface area contributed by atoms with Crippen LogP contribution in [0.4, 0.5) is 15.3 Å². The summed E-state index contributed by atoms with van der Waals surface area (Å²) in [6.07, 6.45) is -0.277. The summed E-state index contributed by atoms with van der Waals surface area (Å²) in [5.41, 5.74) is 1.89. The van der Waals surface area contributed by atoms with Gasteiger partial charge < -0.3 is 20.3 Å². The van der Waals surface area contributed by atoms with Crippen molar-refractivity contribution in [3.63, 3.8) is 0 Å². The maximum Gasteiger partial charge on any atom is 0.409 e. The molecule has 0 bridgehead atoms. The molecule has 1 aromatic carbocycles. The molecular weight excluding hydrogens is 296 g/mol. The van der Waals surface area contributed by atoms with Crippen molar-refractivity contribution < 1.29 is 14.3 Å². The van der Waals surface area contributed by atoms with Gasteiger partial charge in [-0.15, -0.1) is 0 Å². The minimum absolute atomic E-state index is 0.205. The molecule has 1 aliphatic heterocycles. The summed E-state index contributed by atoms with van der Waals surface area (Å²) >= 11 is 0. The number of urea groups is 1. The molecule has 1 heterocycles. The highest BCUT2D eigenvalue weighted by Crippen LogP contribution is 2.09. The van der Waals surface area contributed by atoms with Crippen LogP contribution in [0.5, 0.6) is 0 Å². The Morgan fingerprint density at radius 2 is 1.96 bits per heavy atom. The van der Waals surface area contributed by atoms with Gasteiger partial charge in [0, 0.05) is 45.0 Å². The van der Waals surface area contributed by atoms with E-state index in [0.717, 1.165) is 30.9 Å². The summed E-state index contributed by atoms with van der Waals surface area (Å²) < 4.78 is 4.71. The van der Waals surface area contributed by atoms with E-state index in [1.807, 2.05) is 31.2 Å². The molecule has 7 heteroatoms. The number of amides is 3. The Labute approximate surface area is 136 Å². The molecule has 0 aliphatic carbocycles. The minimum Gasteiger partial charge on any atom is -0.453 e. The molecule has 0 unspecified atom stereocenters. The summed E-state index contributed by atoms with van der Waals surface area (Å²) in [6.45, 7) is 6.19. The lowest BCUT2D eigenvalue weighted by molar-refractivity contribution is 0.0916. The topological polar surface area (TPSA) is 73.9 Å². The number of piperazine rings is 1. The lowest BCUT2D eigenvalue weighted by Crippen LogP contribution is -2.50. The smallest absolute Gasteiger partial charge is 0.409 e. The van der Waals surface area contributed by atoms with E-state index in [2.05, 4.69) is 15.5 Å². The first-order chi connectivity index (χ1) is 11.1. The van der Waals surface area contributed by atoms with E-state index in [4.69, 9.17) is 4.74 Å². The fraction of sp³-hybridized carbons (Fsp3) is 0.500. The maximum absolute atomic E-state index is 11.8. The average molecular weight is 320 g/mol. The highest BCUT2D eigenvalue weighted by atomic mass is 16.5. The number of nitrogens with zero attached hydrogens (tertiary/aromatic N) is 2. The number of hydrogen-bond acceptors (Lipinski definition) is 4. The van der Waals surface area contributed by atoms with E-state index in [-0.39, 0.29) is 12.1 Å². The van der Waals surface area contributed by atoms with E-state index in [0.29, 0.717) is 19.6 Å². The van der Waals surface area contributed by atoms with Gasteiger partial charge in [0.05, 0.1) is 7.11 Å². The molecule has 0 atom stereocenters. The molecule has 1 fully saturated rings. The van der Waals surface area contributed by atoms with Crippen molar-refractivity contribution in [2.75, 3.05) is 51.7 Å². The van der Waals surface area contributed by atoms with Crippen molar-refractivity contribution in [1.82, 2.24) is 15.1 Å². The molecule has 23 heavy (non-hydrogen) atoms. The van der Waals surface area contributed by atoms with Crippen LogP contribution in [-0.2, 0) is 4.74 Å². The lowest BCUT2D eigenvalue weighted by atomic mass is 10.2. The van der Waals surface area contributed by atoms with Crippen LogP contribution in [0.1, 0.15) is 5.56 Å². The second-order valence-electron chi connectivity index (χ2n) is 5.55. The predicted octanol–water partition coefficient (Wildman–Crippen LogP) is 1.50. The number of methoxy groups -OCH3 is 1. The van der Waals surface area contributed by atoms with E-state index in [9.17, 15) is 9.59 Å². The van der Waals surface area contributed by atoms with E-state index >= 15 is 0 Å². The number of ether oxygens (including phenoxy) is 1. The largest absolute Gasteiger partial charge is 0.453 e. The Morgan fingerprint density at radius 3 is 2.61 bits per heavy atom. The molecule has 126 valence electrons. The zero-order chi connectivity index (χ0) is 16.7. The van der Waals surface area contributed by atoms with Crippen molar-refractivity contribution in [3.8, 4) is 0 Å². The standard InChI is InChI=1S/C16H24N4O3/c1-13-4-3-5-14(12-13)18-15(21)17-6-7-19-8-10-20(11-9-19)16(22)23-2/h3-5,12H,6-11H2,1-2H3,(H2,17,18,21). The maximum atomic E-state index is 11.8. The summed E-state index contributed by atoms with van der Waals surface area (Å²) in [5, 5.41) is 5.66. The first-order valence-electron chi connectivity index (χ1n) is 7.75. The number of aryl methyl sites for hydroxylation is 1. The molecular formula is C16H24N4O3. The Hall–Kier alpha value is -2.28. The van der Waals surface area contributed by atoms with Gasteiger partial charge in [0.1, 0.15) is 0 Å². The van der Waals surface area contributed by atoms with Crippen LogP contribution >= 0.6 is 0 Å². The van der Waals surface area contributed by atoms with Crippen molar-refractivity contribution >= 4 is 17.8 Å². The molecule has 1 saturated heterocycles. The van der Waals surface area contributed by atoms with Gasteiger partial charge >= 0.3 is 12.1 Å². The van der Waals surface area contributed by atoms with Crippen molar-refractivity contribution in [2.24, 2.45) is 0 Å². The van der Waals surface area contributed by atoms with Crippen LogP contribution in [0.2, 0.25) is 0 Å². The fourth-order valence-corrected chi connectivity index (χ4v) is 2.51. The Kier molecular flexibility index (Phi) is 6.22.